The zero-order valence-electron chi connectivity index (χ0n) is 10.4. The third kappa shape index (κ3) is 3.08. The van der Waals surface area contributed by atoms with Gasteiger partial charge in [-0.3, -0.25) is 4.79 Å². The van der Waals surface area contributed by atoms with E-state index in [4.69, 9.17) is 5.11 Å². The Bertz CT molecular complexity index is 546. The monoisotopic (exact) mass is 243 g/mol. The fraction of sp³-hybridized carbons (Fsp3) is 0.267. The van der Waals surface area contributed by atoms with Crippen molar-refractivity contribution in [2.75, 3.05) is 6.54 Å². The molecule has 2 rings (SSSR count). The van der Waals surface area contributed by atoms with E-state index in [0.717, 1.165) is 6.42 Å². The van der Waals surface area contributed by atoms with Crippen LogP contribution in [0, 0.1) is 0 Å². The molecule has 0 radical (unpaired) electrons. The lowest BCUT2D eigenvalue weighted by Gasteiger charge is -2.14. The molecule has 2 aromatic carbocycles. The number of nitrogens with one attached hydrogen (secondary N) is 1. The van der Waals surface area contributed by atoms with Crippen LogP contribution < -0.4 is 5.32 Å². The Balaban J connectivity index is 2.14. The Morgan fingerprint density at radius 1 is 1.22 bits per heavy atom. The van der Waals surface area contributed by atoms with Crippen LogP contribution in [-0.2, 0) is 11.2 Å². The van der Waals surface area contributed by atoms with Gasteiger partial charge >= 0.3 is 5.97 Å². The van der Waals surface area contributed by atoms with Crippen molar-refractivity contribution in [2.45, 2.75) is 19.4 Å². The first-order valence-corrected chi connectivity index (χ1v) is 6.08. The van der Waals surface area contributed by atoms with Crippen LogP contribution in [0.2, 0.25) is 0 Å². The van der Waals surface area contributed by atoms with Crippen molar-refractivity contribution in [2.24, 2.45) is 0 Å². The minimum atomic E-state index is -0.820. The number of hydrogen-bond acceptors (Lipinski definition) is 2. The van der Waals surface area contributed by atoms with Crippen molar-refractivity contribution in [1.29, 1.82) is 0 Å². The molecule has 0 heterocycles. The minimum absolute atomic E-state index is 0.00589. The molecular formula is C15H17NO2. The molecule has 1 atom stereocenters. The molecule has 0 amide bonds. The summed E-state index contributed by atoms with van der Waals surface area (Å²) < 4.78 is 0. The van der Waals surface area contributed by atoms with Gasteiger partial charge in [0.1, 0.15) is 0 Å². The van der Waals surface area contributed by atoms with Gasteiger partial charge in [-0.05, 0) is 29.7 Å². The second-order valence-corrected chi connectivity index (χ2v) is 4.52. The molecule has 3 nitrogen and oxygen atoms in total. The summed E-state index contributed by atoms with van der Waals surface area (Å²) in [5, 5.41) is 14.1. The second kappa shape index (κ2) is 5.65. The van der Waals surface area contributed by atoms with E-state index in [0.29, 0.717) is 0 Å². The Hall–Kier alpha value is -1.87. The summed E-state index contributed by atoms with van der Waals surface area (Å²) in [7, 11) is 0. The molecule has 0 saturated carbocycles. The highest BCUT2D eigenvalue weighted by Gasteiger charge is 2.07. The van der Waals surface area contributed by atoms with Crippen LogP contribution in [0.5, 0.6) is 0 Å². The third-order valence-corrected chi connectivity index (χ3v) is 3.01. The van der Waals surface area contributed by atoms with Gasteiger partial charge in [-0.2, -0.15) is 0 Å². The number of fused-ring (bicyclic) bond motifs is 1. The van der Waals surface area contributed by atoms with E-state index in [1.165, 1.54) is 16.3 Å². The Labute approximate surface area is 106 Å². The third-order valence-electron chi connectivity index (χ3n) is 3.01. The Kier molecular flexibility index (Phi) is 3.95. The number of carboxylic acid groups (broad SMARTS) is 1. The normalized spacial score (nSPS) is 12.5. The number of aliphatic carboxylic acids is 1. The van der Waals surface area contributed by atoms with Crippen molar-refractivity contribution in [3.63, 3.8) is 0 Å². The van der Waals surface area contributed by atoms with Crippen LogP contribution >= 0.6 is 0 Å². The summed E-state index contributed by atoms with van der Waals surface area (Å²) in [6.45, 7) is 2.01. The maximum atomic E-state index is 10.5. The molecule has 0 fully saturated rings. The molecular weight excluding hydrogens is 226 g/mol. The molecule has 0 aliphatic rings. The molecule has 3 heteroatoms. The highest BCUT2D eigenvalue weighted by atomic mass is 16.4. The predicted octanol–water partition coefficient (Wildman–Crippen LogP) is 2.45. The molecule has 2 N–H and O–H groups in total. The van der Waals surface area contributed by atoms with Crippen LogP contribution in [0.1, 0.15) is 12.5 Å². The van der Waals surface area contributed by atoms with Gasteiger partial charge in [0.25, 0.3) is 0 Å². The summed E-state index contributed by atoms with van der Waals surface area (Å²) in [5.74, 6) is -0.820. The molecule has 0 bridgehead atoms. The summed E-state index contributed by atoms with van der Waals surface area (Å²) in [6.07, 6.45) is 0.828. The highest BCUT2D eigenvalue weighted by molar-refractivity contribution is 5.85. The van der Waals surface area contributed by atoms with Gasteiger partial charge in [-0.15, -0.1) is 0 Å². The summed E-state index contributed by atoms with van der Waals surface area (Å²) >= 11 is 0. The van der Waals surface area contributed by atoms with Gasteiger partial charge in [-0.25, -0.2) is 0 Å². The van der Waals surface area contributed by atoms with E-state index in [1.807, 2.05) is 25.1 Å². The molecule has 0 saturated heterocycles. The fourth-order valence-electron chi connectivity index (χ4n) is 2.13. The molecule has 0 aliphatic heterocycles. The summed E-state index contributed by atoms with van der Waals surface area (Å²) in [4.78, 5) is 10.5. The standard InChI is InChI=1S/C15H17NO2/c1-11(16-10-15(17)18)9-13-7-4-6-12-5-2-3-8-14(12)13/h2-8,11,16H,9-10H2,1H3,(H,17,18). The molecule has 0 aliphatic carbocycles. The highest BCUT2D eigenvalue weighted by Crippen LogP contribution is 2.19. The van der Waals surface area contributed by atoms with Gasteiger partial charge < -0.3 is 10.4 Å². The van der Waals surface area contributed by atoms with Crippen molar-refractivity contribution in [3.05, 3.63) is 48.0 Å². The first-order valence-electron chi connectivity index (χ1n) is 6.08. The Morgan fingerprint density at radius 2 is 1.94 bits per heavy atom. The number of carboxylic acids is 1. The SMILES string of the molecule is CC(Cc1cccc2ccccc12)NCC(=O)O. The Morgan fingerprint density at radius 3 is 2.72 bits per heavy atom. The molecule has 94 valence electrons. The van der Waals surface area contributed by atoms with Crippen LogP contribution in [0.3, 0.4) is 0 Å². The lowest BCUT2D eigenvalue weighted by Crippen LogP contribution is -2.32. The molecule has 2 aromatic rings. The van der Waals surface area contributed by atoms with Crippen LogP contribution in [-0.4, -0.2) is 23.7 Å². The van der Waals surface area contributed by atoms with Crippen molar-refractivity contribution in [3.8, 4) is 0 Å². The van der Waals surface area contributed by atoms with Crippen molar-refractivity contribution < 1.29 is 9.90 Å². The van der Waals surface area contributed by atoms with E-state index in [9.17, 15) is 4.79 Å². The molecule has 0 aromatic heterocycles. The quantitative estimate of drug-likeness (QED) is 0.848. The average molecular weight is 243 g/mol. The number of carbonyl (C=O) groups is 1. The first kappa shape index (κ1) is 12.6. The maximum absolute atomic E-state index is 10.5. The largest absolute Gasteiger partial charge is 0.480 e. The van der Waals surface area contributed by atoms with E-state index < -0.39 is 5.97 Å². The number of rotatable bonds is 5. The van der Waals surface area contributed by atoms with Crippen LogP contribution in [0.25, 0.3) is 10.8 Å². The number of benzene rings is 2. The summed E-state index contributed by atoms with van der Waals surface area (Å²) in [5.41, 5.74) is 1.25. The van der Waals surface area contributed by atoms with E-state index in [2.05, 4.69) is 29.6 Å². The molecule has 18 heavy (non-hydrogen) atoms. The minimum Gasteiger partial charge on any atom is -0.480 e. The van der Waals surface area contributed by atoms with E-state index in [-0.39, 0.29) is 12.6 Å². The van der Waals surface area contributed by atoms with Gasteiger partial charge in [0.15, 0.2) is 0 Å². The lowest BCUT2D eigenvalue weighted by atomic mass is 9.99. The fourth-order valence-corrected chi connectivity index (χ4v) is 2.13. The first-order chi connectivity index (χ1) is 8.66. The van der Waals surface area contributed by atoms with Crippen molar-refractivity contribution in [1.82, 2.24) is 5.32 Å². The topological polar surface area (TPSA) is 49.3 Å². The van der Waals surface area contributed by atoms with Crippen LogP contribution in [0.15, 0.2) is 42.5 Å². The zero-order chi connectivity index (χ0) is 13.0. The average Bonchev–Trinajstić information content (AvgIpc) is 2.37. The van der Waals surface area contributed by atoms with E-state index in [1.54, 1.807) is 0 Å². The molecule has 1 unspecified atom stereocenters. The number of hydrogen-bond donors (Lipinski definition) is 2. The maximum Gasteiger partial charge on any atom is 0.317 e. The van der Waals surface area contributed by atoms with Gasteiger partial charge in [-0.1, -0.05) is 42.5 Å². The summed E-state index contributed by atoms with van der Waals surface area (Å²) in [6, 6.07) is 14.6. The van der Waals surface area contributed by atoms with E-state index >= 15 is 0 Å². The van der Waals surface area contributed by atoms with Crippen LogP contribution in [0.4, 0.5) is 0 Å². The second-order valence-electron chi connectivity index (χ2n) is 4.52. The van der Waals surface area contributed by atoms with Gasteiger partial charge in [0, 0.05) is 6.04 Å². The zero-order valence-corrected chi connectivity index (χ0v) is 10.4. The predicted molar refractivity (Wildman–Crippen MR) is 72.8 cm³/mol. The molecule has 0 spiro atoms. The van der Waals surface area contributed by atoms with Gasteiger partial charge in [0.2, 0.25) is 0 Å². The lowest BCUT2D eigenvalue weighted by molar-refractivity contribution is -0.136. The van der Waals surface area contributed by atoms with Crippen molar-refractivity contribution >= 4 is 16.7 Å². The smallest absolute Gasteiger partial charge is 0.317 e. The van der Waals surface area contributed by atoms with Gasteiger partial charge in [0.05, 0.1) is 6.54 Å².